The van der Waals surface area contributed by atoms with Gasteiger partial charge in [0.25, 0.3) is 0 Å². The van der Waals surface area contributed by atoms with Gasteiger partial charge in [0.05, 0.1) is 23.9 Å². The number of rotatable bonds is 7. The molecule has 0 aliphatic carbocycles. The fourth-order valence-electron chi connectivity index (χ4n) is 3.98. The first-order valence-electron chi connectivity index (χ1n) is 10.7. The number of sulfonamides is 1. The van der Waals surface area contributed by atoms with Gasteiger partial charge >= 0.3 is 0 Å². The Labute approximate surface area is 193 Å². The van der Waals surface area contributed by atoms with Gasteiger partial charge in [-0.3, -0.25) is 4.90 Å². The van der Waals surface area contributed by atoms with E-state index in [0.717, 1.165) is 42.4 Å². The van der Waals surface area contributed by atoms with Crippen molar-refractivity contribution in [1.82, 2.24) is 24.4 Å². The first-order chi connectivity index (χ1) is 15.2. The largest absolute Gasteiger partial charge is 0.460 e. The summed E-state index contributed by atoms with van der Waals surface area (Å²) in [5.41, 5.74) is 0.880. The van der Waals surface area contributed by atoms with Crippen LogP contribution in [0.2, 0.25) is 5.02 Å². The average Bonchev–Trinajstić information content (AvgIpc) is 3.29. The number of nitrogens with zero attached hydrogens (tertiary/aromatic N) is 4. The quantitative estimate of drug-likeness (QED) is 0.559. The van der Waals surface area contributed by atoms with E-state index in [4.69, 9.17) is 16.0 Å². The standard InChI is InChI=1S/C22H28ClN5O3S/c1-15(2)21(26-32(3,29)30)22-25-24-20-10-11-27(12-13-28(20)22)14-16-8-9-19(31-16)17-6-4-5-7-18(17)23/h4-9,15,21,26H,10-14H2,1-3H3. The van der Waals surface area contributed by atoms with E-state index in [2.05, 4.69) is 24.4 Å². The molecule has 1 unspecified atom stereocenters. The summed E-state index contributed by atoms with van der Waals surface area (Å²) < 4.78 is 34.6. The molecule has 2 aromatic heterocycles. The van der Waals surface area contributed by atoms with Crippen LogP contribution in [0.15, 0.2) is 40.8 Å². The molecule has 1 aliphatic rings. The van der Waals surface area contributed by atoms with E-state index in [1.54, 1.807) is 0 Å². The summed E-state index contributed by atoms with van der Waals surface area (Å²) in [5, 5.41) is 9.36. The highest BCUT2D eigenvalue weighted by Crippen LogP contribution is 2.29. The highest BCUT2D eigenvalue weighted by atomic mass is 35.5. The van der Waals surface area contributed by atoms with Crippen molar-refractivity contribution in [3.63, 3.8) is 0 Å². The van der Waals surface area contributed by atoms with Gasteiger partial charge < -0.3 is 8.98 Å². The molecule has 3 heterocycles. The number of aromatic nitrogens is 3. The Balaban J connectivity index is 1.47. The molecule has 0 spiro atoms. The molecule has 3 aromatic rings. The molecule has 1 N–H and O–H groups in total. The van der Waals surface area contributed by atoms with Crippen molar-refractivity contribution in [3.05, 3.63) is 58.8 Å². The van der Waals surface area contributed by atoms with Crippen molar-refractivity contribution >= 4 is 21.6 Å². The molecule has 0 fully saturated rings. The van der Waals surface area contributed by atoms with Crippen molar-refractivity contribution in [3.8, 4) is 11.3 Å². The van der Waals surface area contributed by atoms with Crippen molar-refractivity contribution in [2.75, 3.05) is 19.3 Å². The molecule has 0 radical (unpaired) electrons. The van der Waals surface area contributed by atoms with Gasteiger partial charge in [-0.2, -0.15) is 0 Å². The molecule has 32 heavy (non-hydrogen) atoms. The highest BCUT2D eigenvalue weighted by Gasteiger charge is 2.28. The molecule has 1 aromatic carbocycles. The molecule has 0 bridgehead atoms. The fraction of sp³-hybridized carbons (Fsp3) is 0.455. The summed E-state index contributed by atoms with van der Waals surface area (Å²) in [6.07, 6.45) is 1.90. The van der Waals surface area contributed by atoms with Crippen LogP contribution in [0, 0.1) is 5.92 Å². The second-order valence-electron chi connectivity index (χ2n) is 8.51. The first kappa shape index (κ1) is 23.0. The number of nitrogens with one attached hydrogen (secondary N) is 1. The molecule has 1 aliphatic heterocycles. The lowest BCUT2D eigenvalue weighted by molar-refractivity contribution is 0.248. The summed E-state index contributed by atoms with van der Waals surface area (Å²) in [4.78, 5) is 2.31. The minimum atomic E-state index is -3.37. The van der Waals surface area contributed by atoms with Crippen molar-refractivity contribution in [2.24, 2.45) is 5.92 Å². The SMILES string of the molecule is CC(C)C(NS(C)(=O)=O)c1nnc2n1CCN(Cc1ccc(-c3ccccc3Cl)o1)CC2. The second kappa shape index (κ2) is 9.35. The first-order valence-corrected chi connectivity index (χ1v) is 12.9. The van der Waals surface area contributed by atoms with Crippen LogP contribution >= 0.6 is 11.6 Å². The zero-order valence-electron chi connectivity index (χ0n) is 18.5. The molecule has 1 atom stereocenters. The summed E-state index contributed by atoms with van der Waals surface area (Å²) in [6.45, 7) is 6.90. The number of hydrogen-bond acceptors (Lipinski definition) is 6. The Hall–Kier alpha value is -2.20. The molecule has 0 saturated heterocycles. The van der Waals surface area contributed by atoms with Gasteiger partial charge in [0.2, 0.25) is 10.0 Å². The molecule has 0 saturated carbocycles. The lowest BCUT2D eigenvalue weighted by Crippen LogP contribution is -2.33. The van der Waals surface area contributed by atoms with Crippen LogP contribution in [0.4, 0.5) is 0 Å². The van der Waals surface area contributed by atoms with E-state index in [-0.39, 0.29) is 5.92 Å². The molecular formula is C22H28ClN5O3S. The molecule has 8 nitrogen and oxygen atoms in total. The van der Waals surface area contributed by atoms with E-state index >= 15 is 0 Å². The number of hydrogen-bond donors (Lipinski definition) is 1. The van der Waals surface area contributed by atoms with Crippen molar-refractivity contribution in [2.45, 2.75) is 39.4 Å². The van der Waals surface area contributed by atoms with Gasteiger partial charge in [-0.05, 0) is 30.2 Å². The third-order valence-electron chi connectivity index (χ3n) is 5.61. The Bertz CT molecular complexity index is 1190. The summed E-state index contributed by atoms with van der Waals surface area (Å²) in [6, 6.07) is 11.2. The van der Waals surface area contributed by atoms with Gasteiger partial charge in [0.15, 0.2) is 5.82 Å². The Morgan fingerprint density at radius 1 is 1.12 bits per heavy atom. The third-order valence-corrected chi connectivity index (χ3v) is 6.63. The van der Waals surface area contributed by atoms with Crippen LogP contribution in [0.1, 0.15) is 37.3 Å². The lowest BCUT2D eigenvalue weighted by Gasteiger charge is -2.22. The molecule has 4 rings (SSSR count). The van der Waals surface area contributed by atoms with Crippen molar-refractivity contribution in [1.29, 1.82) is 0 Å². The summed E-state index contributed by atoms with van der Waals surface area (Å²) >= 11 is 6.29. The van der Waals surface area contributed by atoms with E-state index in [9.17, 15) is 8.42 Å². The predicted molar refractivity (Wildman–Crippen MR) is 124 cm³/mol. The van der Waals surface area contributed by atoms with E-state index < -0.39 is 16.1 Å². The van der Waals surface area contributed by atoms with Crippen molar-refractivity contribution < 1.29 is 12.8 Å². The van der Waals surface area contributed by atoms with Gasteiger partial charge in [-0.25, -0.2) is 13.1 Å². The molecule has 0 amide bonds. The maximum atomic E-state index is 11.9. The molecular weight excluding hydrogens is 450 g/mol. The topological polar surface area (TPSA) is 93.3 Å². The lowest BCUT2D eigenvalue weighted by atomic mass is 10.1. The fourth-order valence-corrected chi connectivity index (χ4v) is 5.05. The van der Waals surface area contributed by atoms with Crippen LogP contribution in [0.5, 0.6) is 0 Å². The minimum absolute atomic E-state index is 0.0451. The third kappa shape index (κ3) is 5.23. The normalized spacial score (nSPS) is 16.2. The average molecular weight is 478 g/mol. The molecule has 172 valence electrons. The van der Waals surface area contributed by atoms with Crippen LogP contribution in [0.25, 0.3) is 11.3 Å². The summed E-state index contributed by atoms with van der Waals surface area (Å²) in [5.74, 6) is 3.22. The number of halogens is 1. The maximum Gasteiger partial charge on any atom is 0.209 e. The van der Waals surface area contributed by atoms with Gasteiger partial charge in [0, 0.05) is 31.6 Å². The Kier molecular flexibility index (Phi) is 6.71. The van der Waals surface area contributed by atoms with Gasteiger partial charge in [0.1, 0.15) is 17.3 Å². The van der Waals surface area contributed by atoms with E-state index in [1.165, 1.54) is 6.26 Å². The maximum absolute atomic E-state index is 11.9. The number of furan rings is 1. The molecule has 10 heteroatoms. The highest BCUT2D eigenvalue weighted by molar-refractivity contribution is 7.88. The van der Waals surface area contributed by atoms with Crippen LogP contribution in [-0.2, 0) is 29.5 Å². The summed E-state index contributed by atoms with van der Waals surface area (Å²) in [7, 11) is -3.37. The van der Waals surface area contributed by atoms with Crippen LogP contribution < -0.4 is 4.72 Å². The number of fused-ring (bicyclic) bond motifs is 1. The minimum Gasteiger partial charge on any atom is -0.460 e. The van der Waals surface area contributed by atoms with Gasteiger partial charge in [-0.15, -0.1) is 10.2 Å². The Morgan fingerprint density at radius 2 is 1.91 bits per heavy atom. The second-order valence-corrected chi connectivity index (χ2v) is 10.7. The van der Waals surface area contributed by atoms with Gasteiger partial charge in [-0.1, -0.05) is 37.6 Å². The number of benzene rings is 1. The zero-order chi connectivity index (χ0) is 22.9. The predicted octanol–water partition coefficient (Wildman–Crippen LogP) is 3.50. The van der Waals surface area contributed by atoms with E-state index in [1.807, 2.05) is 50.2 Å². The monoisotopic (exact) mass is 477 g/mol. The zero-order valence-corrected chi connectivity index (χ0v) is 20.0. The Morgan fingerprint density at radius 3 is 2.62 bits per heavy atom. The smallest absolute Gasteiger partial charge is 0.209 e. The van der Waals surface area contributed by atoms with Crippen LogP contribution in [0.3, 0.4) is 0 Å². The van der Waals surface area contributed by atoms with E-state index in [0.29, 0.717) is 23.9 Å². The van der Waals surface area contributed by atoms with Crippen LogP contribution in [-0.4, -0.2) is 47.4 Å².